The van der Waals surface area contributed by atoms with Crippen molar-refractivity contribution in [2.75, 3.05) is 5.73 Å². The van der Waals surface area contributed by atoms with Gasteiger partial charge in [-0.3, -0.25) is 4.79 Å². The summed E-state index contributed by atoms with van der Waals surface area (Å²) in [4.78, 5) is 23.3. The van der Waals surface area contributed by atoms with E-state index >= 15 is 0 Å². The topological polar surface area (TPSA) is 92.4 Å². The van der Waals surface area contributed by atoms with Gasteiger partial charge in [0.15, 0.2) is 0 Å². The normalized spacial score (nSPS) is 12.8. The monoisotopic (exact) mass is 318 g/mol. The number of nitrogens with two attached hydrogens (primary N) is 1. The minimum Gasteiger partial charge on any atom is -0.480 e. The van der Waals surface area contributed by atoms with Gasteiger partial charge in [-0.05, 0) is 17.5 Å². The van der Waals surface area contributed by atoms with Gasteiger partial charge in [0.1, 0.15) is 6.04 Å². The molecule has 20 heavy (non-hydrogen) atoms. The van der Waals surface area contributed by atoms with Crippen molar-refractivity contribution in [1.82, 2.24) is 5.32 Å². The summed E-state index contributed by atoms with van der Waals surface area (Å²) in [5.41, 5.74) is 5.28. The van der Waals surface area contributed by atoms with Crippen molar-refractivity contribution in [2.24, 2.45) is 5.41 Å². The third-order valence-electron chi connectivity index (χ3n) is 2.73. The van der Waals surface area contributed by atoms with Crippen molar-refractivity contribution in [3.8, 4) is 0 Å². The maximum atomic E-state index is 12.1. The van der Waals surface area contributed by atoms with E-state index in [2.05, 4.69) is 5.32 Å². The molecule has 0 spiro atoms. The number of anilines is 1. The summed E-state index contributed by atoms with van der Waals surface area (Å²) < 4.78 is 0. The van der Waals surface area contributed by atoms with Crippen molar-refractivity contribution >= 4 is 40.8 Å². The van der Waals surface area contributed by atoms with Crippen LogP contribution in [0.1, 0.15) is 31.1 Å². The van der Waals surface area contributed by atoms with E-state index in [1.54, 1.807) is 20.8 Å². The number of carboxylic acid groups (broad SMARTS) is 1. The van der Waals surface area contributed by atoms with Crippen LogP contribution in [0, 0.1) is 5.41 Å². The molecular formula is C13H16Cl2N2O3. The van der Waals surface area contributed by atoms with Crippen molar-refractivity contribution in [3.05, 3.63) is 27.7 Å². The molecule has 1 amide bonds. The van der Waals surface area contributed by atoms with Gasteiger partial charge in [0.2, 0.25) is 0 Å². The third kappa shape index (κ3) is 3.77. The molecule has 0 saturated carbocycles. The standard InChI is InChI=1S/C13H16Cl2N2O3/c1-13(2,3)10(12(19)20)17-11(18)6-4-7(14)9(16)8(15)5-6/h4-5,10H,16H2,1-3H3,(H,17,18)(H,19,20). The van der Waals surface area contributed by atoms with Gasteiger partial charge in [-0.2, -0.15) is 0 Å². The van der Waals surface area contributed by atoms with Crippen LogP contribution in [0.5, 0.6) is 0 Å². The molecule has 5 nitrogen and oxygen atoms in total. The molecule has 0 saturated heterocycles. The molecule has 1 unspecified atom stereocenters. The van der Waals surface area contributed by atoms with Gasteiger partial charge < -0.3 is 16.2 Å². The number of rotatable bonds is 3. The second kappa shape index (κ2) is 5.89. The molecule has 4 N–H and O–H groups in total. The number of hydrogen-bond acceptors (Lipinski definition) is 3. The van der Waals surface area contributed by atoms with E-state index in [4.69, 9.17) is 28.9 Å². The lowest BCUT2D eigenvalue weighted by Gasteiger charge is -2.27. The molecule has 0 radical (unpaired) electrons. The average molecular weight is 319 g/mol. The van der Waals surface area contributed by atoms with Crippen LogP contribution < -0.4 is 11.1 Å². The summed E-state index contributed by atoms with van der Waals surface area (Å²) in [7, 11) is 0. The molecule has 0 aliphatic carbocycles. The summed E-state index contributed by atoms with van der Waals surface area (Å²) in [6.07, 6.45) is 0. The van der Waals surface area contributed by atoms with Gasteiger partial charge in [0, 0.05) is 5.56 Å². The molecule has 7 heteroatoms. The molecule has 1 rings (SSSR count). The van der Waals surface area contributed by atoms with Gasteiger partial charge >= 0.3 is 5.97 Å². The number of carbonyl (C=O) groups is 2. The Bertz CT molecular complexity index is 530. The Morgan fingerprint density at radius 3 is 2.05 bits per heavy atom. The Kier molecular flexibility index (Phi) is 4.89. The van der Waals surface area contributed by atoms with Gasteiger partial charge in [-0.15, -0.1) is 0 Å². The SMILES string of the molecule is CC(C)(C)C(NC(=O)c1cc(Cl)c(N)c(Cl)c1)C(=O)O. The van der Waals surface area contributed by atoms with Crippen LogP contribution in [0.25, 0.3) is 0 Å². The number of benzene rings is 1. The lowest BCUT2D eigenvalue weighted by molar-refractivity contribution is -0.142. The number of aliphatic carboxylic acids is 1. The maximum Gasteiger partial charge on any atom is 0.326 e. The number of hydrogen-bond donors (Lipinski definition) is 3. The van der Waals surface area contributed by atoms with E-state index in [1.807, 2.05) is 0 Å². The summed E-state index contributed by atoms with van der Waals surface area (Å²) in [6, 6.07) is 1.66. The molecule has 1 atom stereocenters. The van der Waals surface area contributed by atoms with Crippen LogP contribution in [-0.4, -0.2) is 23.0 Å². The van der Waals surface area contributed by atoms with Crippen molar-refractivity contribution in [1.29, 1.82) is 0 Å². The van der Waals surface area contributed by atoms with Crippen LogP contribution in [-0.2, 0) is 4.79 Å². The number of amides is 1. The van der Waals surface area contributed by atoms with Crippen molar-refractivity contribution < 1.29 is 14.7 Å². The van der Waals surface area contributed by atoms with E-state index in [0.29, 0.717) is 0 Å². The first-order valence-electron chi connectivity index (χ1n) is 5.82. The van der Waals surface area contributed by atoms with Gasteiger partial charge in [0.05, 0.1) is 15.7 Å². The molecular weight excluding hydrogens is 303 g/mol. The van der Waals surface area contributed by atoms with E-state index in [9.17, 15) is 14.7 Å². The van der Waals surface area contributed by atoms with Crippen LogP contribution in [0.3, 0.4) is 0 Å². The number of carbonyl (C=O) groups excluding carboxylic acids is 1. The molecule has 0 aromatic heterocycles. The Morgan fingerprint density at radius 2 is 1.70 bits per heavy atom. The van der Waals surface area contributed by atoms with Crippen molar-refractivity contribution in [2.45, 2.75) is 26.8 Å². The Morgan fingerprint density at radius 1 is 1.25 bits per heavy atom. The number of nitrogens with one attached hydrogen (secondary N) is 1. The smallest absolute Gasteiger partial charge is 0.326 e. The minimum atomic E-state index is -1.11. The molecule has 0 fully saturated rings. The predicted molar refractivity (Wildman–Crippen MR) is 79.2 cm³/mol. The zero-order chi connectivity index (χ0) is 15.7. The average Bonchev–Trinajstić information content (AvgIpc) is 2.30. The Balaban J connectivity index is 3.04. The number of carboxylic acids is 1. The lowest BCUT2D eigenvalue weighted by Crippen LogP contribution is -2.49. The molecule has 110 valence electrons. The van der Waals surface area contributed by atoms with E-state index in [-0.39, 0.29) is 21.3 Å². The second-order valence-corrected chi connectivity index (χ2v) is 6.28. The summed E-state index contributed by atoms with van der Waals surface area (Å²) >= 11 is 11.7. The third-order valence-corrected chi connectivity index (χ3v) is 3.36. The molecule has 1 aromatic carbocycles. The Hall–Kier alpha value is -1.46. The largest absolute Gasteiger partial charge is 0.480 e. The summed E-state index contributed by atoms with van der Waals surface area (Å²) in [5, 5.41) is 11.9. The van der Waals surface area contributed by atoms with Crippen molar-refractivity contribution in [3.63, 3.8) is 0 Å². The second-order valence-electron chi connectivity index (χ2n) is 5.46. The van der Waals surface area contributed by atoms with Crippen LogP contribution in [0.4, 0.5) is 5.69 Å². The van der Waals surface area contributed by atoms with Crippen LogP contribution >= 0.6 is 23.2 Å². The van der Waals surface area contributed by atoms with E-state index < -0.39 is 23.3 Å². The van der Waals surface area contributed by atoms with Crippen LogP contribution in [0.2, 0.25) is 10.0 Å². The fraction of sp³-hybridized carbons (Fsp3) is 0.385. The first-order valence-corrected chi connectivity index (χ1v) is 6.58. The molecule has 1 aromatic rings. The zero-order valence-electron chi connectivity index (χ0n) is 11.3. The van der Waals surface area contributed by atoms with Crippen LogP contribution in [0.15, 0.2) is 12.1 Å². The first-order chi connectivity index (χ1) is 9.04. The van der Waals surface area contributed by atoms with Gasteiger partial charge in [-0.1, -0.05) is 44.0 Å². The molecule has 0 bridgehead atoms. The molecule has 0 aliphatic heterocycles. The lowest BCUT2D eigenvalue weighted by atomic mass is 9.86. The zero-order valence-corrected chi connectivity index (χ0v) is 12.8. The maximum absolute atomic E-state index is 12.1. The highest BCUT2D eigenvalue weighted by molar-refractivity contribution is 6.39. The minimum absolute atomic E-state index is 0.144. The summed E-state index contributed by atoms with van der Waals surface area (Å²) in [6.45, 7) is 5.15. The quantitative estimate of drug-likeness (QED) is 0.747. The molecule has 0 aliphatic rings. The highest BCUT2D eigenvalue weighted by atomic mass is 35.5. The number of halogens is 2. The van der Waals surface area contributed by atoms with Gasteiger partial charge in [0.25, 0.3) is 5.91 Å². The highest BCUT2D eigenvalue weighted by Crippen LogP contribution is 2.29. The van der Waals surface area contributed by atoms with E-state index in [1.165, 1.54) is 12.1 Å². The van der Waals surface area contributed by atoms with E-state index in [0.717, 1.165) is 0 Å². The Labute approximate surface area is 127 Å². The fourth-order valence-electron chi connectivity index (χ4n) is 1.58. The number of nitrogen functional groups attached to an aromatic ring is 1. The fourth-order valence-corrected chi connectivity index (χ4v) is 2.07. The summed E-state index contributed by atoms with van der Waals surface area (Å²) in [5.74, 6) is -1.69. The predicted octanol–water partition coefficient (Wildman–Crippen LogP) is 2.80. The molecule has 0 heterocycles. The first kappa shape index (κ1) is 16.6. The highest BCUT2D eigenvalue weighted by Gasteiger charge is 2.32. The van der Waals surface area contributed by atoms with Gasteiger partial charge in [-0.25, -0.2) is 4.79 Å².